The Morgan fingerprint density at radius 1 is 1.24 bits per heavy atom. The van der Waals surface area contributed by atoms with Gasteiger partial charge in [-0.3, -0.25) is 0 Å². The van der Waals surface area contributed by atoms with E-state index in [2.05, 4.69) is 4.74 Å². The molecule has 21 heavy (non-hydrogen) atoms. The molecule has 0 radical (unpaired) electrons. The Balaban J connectivity index is 2.32. The van der Waals surface area contributed by atoms with Gasteiger partial charge in [-0.2, -0.15) is 0 Å². The maximum Gasteiger partial charge on any atom is 0.330 e. The molecule has 0 saturated carbocycles. The molecule has 2 aromatic rings. The standard InChI is InChI=1S/C16H15FO4/c1-10(8-16(18)20-3)14-6-7-15(21-14)12-5-4-11(19-2)9-13(12)17/h4-9H,1-3H3/b10-8+. The van der Waals surface area contributed by atoms with E-state index in [4.69, 9.17) is 9.15 Å². The molecule has 1 aromatic carbocycles. The summed E-state index contributed by atoms with van der Waals surface area (Å²) in [4.78, 5) is 11.2. The van der Waals surface area contributed by atoms with E-state index in [1.54, 1.807) is 31.2 Å². The fraction of sp³-hybridized carbons (Fsp3) is 0.188. The third-order valence-corrected chi connectivity index (χ3v) is 2.97. The Labute approximate surface area is 121 Å². The second-order valence-electron chi connectivity index (χ2n) is 4.36. The Hall–Kier alpha value is -2.56. The molecule has 0 aliphatic heterocycles. The van der Waals surface area contributed by atoms with E-state index >= 15 is 0 Å². The zero-order chi connectivity index (χ0) is 15.4. The molecule has 0 atom stereocenters. The predicted octanol–water partition coefficient (Wildman–Crippen LogP) is 3.67. The van der Waals surface area contributed by atoms with Gasteiger partial charge in [-0.05, 0) is 36.8 Å². The van der Waals surface area contributed by atoms with E-state index in [1.807, 2.05) is 0 Å². The molecule has 0 bridgehead atoms. The number of allylic oxidation sites excluding steroid dienone is 1. The van der Waals surface area contributed by atoms with Crippen molar-refractivity contribution in [3.8, 4) is 17.1 Å². The molecule has 0 amide bonds. The number of carbonyl (C=O) groups excluding carboxylic acids is 1. The van der Waals surface area contributed by atoms with E-state index in [1.165, 1.54) is 26.4 Å². The van der Waals surface area contributed by atoms with E-state index in [0.717, 1.165) is 0 Å². The van der Waals surface area contributed by atoms with Crippen LogP contribution in [0.3, 0.4) is 0 Å². The van der Waals surface area contributed by atoms with Crippen molar-refractivity contribution in [1.82, 2.24) is 0 Å². The van der Waals surface area contributed by atoms with Gasteiger partial charge in [0.25, 0.3) is 0 Å². The van der Waals surface area contributed by atoms with Crippen molar-refractivity contribution in [3.63, 3.8) is 0 Å². The van der Waals surface area contributed by atoms with Crippen LogP contribution in [0.4, 0.5) is 4.39 Å². The average Bonchev–Trinajstić information content (AvgIpc) is 2.96. The van der Waals surface area contributed by atoms with E-state index in [-0.39, 0.29) is 0 Å². The monoisotopic (exact) mass is 290 g/mol. The fourth-order valence-corrected chi connectivity index (χ4v) is 1.82. The first-order chi connectivity index (χ1) is 10.0. The molecule has 0 spiro atoms. The van der Waals surface area contributed by atoms with Crippen LogP contribution in [-0.2, 0) is 9.53 Å². The van der Waals surface area contributed by atoms with E-state index in [9.17, 15) is 9.18 Å². The number of hydrogen-bond acceptors (Lipinski definition) is 4. The van der Waals surface area contributed by atoms with Crippen LogP contribution in [0.25, 0.3) is 16.9 Å². The van der Waals surface area contributed by atoms with Gasteiger partial charge < -0.3 is 13.9 Å². The maximum absolute atomic E-state index is 14.0. The van der Waals surface area contributed by atoms with Crippen molar-refractivity contribution < 1.29 is 23.1 Å². The average molecular weight is 290 g/mol. The van der Waals surface area contributed by atoms with Gasteiger partial charge >= 0.3 is 5.97 Å². The molecule has 0 fully saturated rings. The maximum atomic E-state index is 14.0. The summed E-state index contributed by atoms with van der Waals surface area (Å²) in [5.41, 5.74) is 0.926. The van der Waals surface area contributed by atoms with Gasteiger partial charge in [0.05, 0.1) is 19.8 Å². The fourth-order valence-electron chi connectivity index (χ4n) is 1.82. The lowest BCUT2D eigenvalue weighted by molar-refractivity contribution is -0.134. The first-order valence-corrected chi connectivity index (χ1v) is 6.25. The lowest BCUT2D eigenvalue weighted by Crippen LogP contribution is -1.95. The minimum absolute atomic E-state index is 0.327. The number of halogens is 1. The highest BCUT2D eigenvalue weighted by molar-refractivity contribution is 5.90. The molecule has 4 nitrogen and oxygen atoms in total. The summed E-state index contributed by atoms with van der Waals surface area (Å²) in [6, 6.07) is 7.84. The molecular weight excluding hydrogens is 275 g/mol. The summed E-state index contributed by atoms with van der Waals surface area (Å²) in [5.74, 6) is 0.379. The first-order valence-electron chi connectivity index (χ1n) is 6.25. The van der Waals surface area contributed by atoms with Crippen molar-refractivity contribution in [1.29, 1.82) is 0 Å². The largest absolute Gasteiger partial charge is 0.497 e. The van der Waals surface area contributed by atoms with Crippen molar-refractivity contribution in [2.75, 3.05) is 14.2 Å². The van der Waals surface area contributed by atoms with Crippen LogP contribution < -0.4 is 4.74 Å². The molecule has 1 aromatic heterocycles. The van der Waals surface area contributed by atoms with Crippen molar-refractivity contribution in [2.45, 2.75) is 6.92 Å². The van der Waals surface area contributed by atoms with Crippen LogP contribution in [0.1, 0.15) is 12.7 Å². The van der Waals surface area contributed by atoms with Gasteiger partial charge in [0.1, 0.15) is 23.1 Å². The van der Waals surface area contributed by atoms with Gasteiger partial charge in [-0.1, -0.05) is 0 Å². The van der Waals surface area contributed by atoms with Gasteiger partial charge in [-0.15, -0.1) is 0 Å². The van der Waals surface area contributed by atoms with Gasteiger partial charge in [0, 0.05) is 12.1 Å². The molecule has 0 N–H and O–H groups in total. The smallest absolute Gasteiger partial charge is 0.330 e. The van der Waals surface area contributed by atoms with Crippen LogP contribution in [0.15, 0.2) is 40.8 Å². The number of carbonyl (C=O) groups is 1. The quantitative estimate of drug-likeness (QED) is 0.636. The summed E-state index contributed by atoms with van der Waals surface area (Å²) in [6.07, 6.45) is 1.31. The summed E-state index contributed by atoms with van der Waals surface area (Å²) in [6.45, 7) is 1.71. The predicted molar refractivity (Wildman–Crippen MR) is 76.3 cm³/mol. The lowest BCUT2D eigenvalue weighted by atomic mass is 10.1. The third-order valence-electron chi connectivity index (χ3n) is 2.97. The summed E-state index contributed by atoms with van der Waals surface area (Å²) in [7, 11) is 2.77. The summed E-state index contributed by atoms with van der Waals surface area (Å²) >= 11 is 0. The lowest BCUT2D eigenvalue weighted by Gasteiger charge is -2.03. The first kappa shape index (κ1) is 14.8. The Morgan fingerprint density at radius 2 is 2.00 bits per heavy atom. The molecule has 0 saturated heterocycles. The Kier molecular flexibility index (Phi) is 4.42. The van der Waals surface area contributed by atoms with Crippen molar-refractivity contribution in [3.05, 3.63) is 48.0 Å². The molecule has 1 heterocycles. The summed E-state index contributed by atoms with van der Waals surface area (Å²) in [5, 5.41) is 0. The molecule has 0 unspecified atom stereocenters. The molecule has 2 rings (SSSR count). The molecule has 110 valence electrons. The second-order valence-corrected chi connectivity index (χ2v) is 4.36. The molecule has 5 heteroatoms. The van der Waals surface area contributed by atoms with Crippen LogP contribution in [0, 0.1) is 5.82 Å². The number of rotatable bonds is 4. The van der Waals surface area contributed by atoms with Crippen LogP contribution in [0.2, 0.25) is 0 Å². The highest BCUT2D eigenvalue weighted by Gasteiger charge is 2.12. The van der Waals surface area contributed by atoms with Crippen LogP contribution in [0.5, 0.6) is 5.75 Å². The number of methoxy groups -OCH3 is 2. The SMILES string of the molecule is COC(=O)/C=C(\C)c1ccc(-c2ccc(OC)cc2F)o1. The zero-order valence-corrected chi connectivity index (χ0v) is 12.0. The highest BCUT2D eigenvalue weighted by atomic mass is 19.1. The number of benzene rings is 1. The number of ether oxygens (including phenoxy) is 2. The second kappa shape index (κ2) is 6.26. The highest BCUT2D eigenvalue weighted by Crippen LogP contribution is 2.29. The third kappa shape index (κ3) is 3.31. The van der Waals surface area contributed by atoms with Gasteiger partial charge in [0.15, 0.2) is 0 Å². The van der Waals surface area contributed by atoms with Crippen LogP contribution in [-0.4, -0.2) is 20.2 Å². The molecular formula is C16H15FO4. The normalized spacial score (nSPS) is 11.3. The minimum Gasteiger partial charge on any atom is -0.497 e. The van der Waals surface area contributed by atoms with Crippen molar-refractivity contribution >= 4 is 11.5 Å². The van der Waals surface area contributed by atoms with E-state index in [0.29, 0.717) is 28.4 Å². The van der Waals surface area contributed by atoms with E-state index < -0.39 is 11.8 Å². The van der Waals surface area contributed by atoms with Crippen LogP contribution >= 0.6 is 0 Å². The Bertz CT molecular complexity index is 685. The van der Waals surface area contributed by atoms with Crippen molar-refractivity contribution in [2.24, 2.45) is 0 Å². The Morgan fingerprint density at radius 3 is 2.62 bits per heavy atom. The summed E-state index contributed by atoms with van der Waals surface area (Å²) < 4.78 is 29.0. The molecule has 0 aliphatic rings. The zero-order valence-electron chi connectivity index (χ0n) is 12.0. The van der Waals surface area contributed by atoms with Gasteiger partial charge in [-0.25, -0.2) is 9.18 Å². The number of furan rings is 1. The topological polar surface area (TPSA) is 48.7 Å². The van der Waals surface area contributed by atoms with Gasteiger partial charge in [0.2, 0.25) is 0 Å². The number of esters is 1. The molecule has 0 aliphatic carbocycles. The minimum atomic E-state index is -0.471. The number of hydrogen-bond donors (Lipinski definition) is 0.